The molecule has 2 aromatic rings. The second kappa shape index (κ2) is 7.28. The molecule has 2 nitrogen and oxygen atoms in total. The molecule has 2 aromatic carbocycles. The zero-order valence-corrected chi connectivity index (χ0v) is 13.4. The molecule has 0 aliphatic rings. The number of hydrogen-bond donors (Lipinski definition) is 1. The van der Waals surface area contributed by atoms with Gasteiger partial charge in [0.25, 0.3) is 0 Å². The Hall–Kier alpha value is -1.80. The number of hydrogen-bond acceptors (Lipinski definition) is 2. The van der Waals surface area contributed by atoms with Crippen LogP contribution in [0.5, 0.6) is 0 Å². The molecule has 112 valence electrons. The maximum Gasteiger partial charge on any atom is 0.0317 e. The van der Waals surface area contributed by atoms with Crippen molar-refractivity contribution in [2.75, 3.05) is 12.3 Å². The monoisotopic (exact) mass is 282 g/mol. The first-order valence-corrected chi connectivity index (χ1v) is 7.72. The van der Waals surface area contributed by atoms with Crippen molar-refractivity contribution >= 4 is 5.69 Å². The second-order valence-corrected chi connectivity index (χ2v) is 5.83. The minimum atomic E-state index is 0.844. The van der Waals surface area contributed by atoms with Crippen LogP contribution in [0.25, 0.3) is 0 Å². The first-order valence-electron chi connectivity index (χ1n) is 7.72. The van der Waals surface area contributed by atoms with E-state index in [0.717, 1.165) is 31.7 Å². The Morgan fingerprint density at radius 1 is 0.952 bits per heavy atom. The molecule has 0 amide bonds. The molecule has 0 heterocycles. The Morgan fingerprint density at radius 2 is 1.62 bits per heavy atom. The van der Waals surface area contributed by atoms with Crippen LogP contribution in [-0.4, -0.2) is 11.4 Å². The van der Waals surface area contributed by atoms with E-state index in [1.54, 1.807) is 0 Å². The summed E-state index contributed by atoms with van der Waals surface area (Å²) in [5.41, 5.74) is 12.2. The molecule has 2 heteroatoms. The number of anilines is 1. The molecule has 0 saturated carbocycles. The normalized spacial score (nSPS) is 11.0. The van der Waals surface area contributed by atoms with Crippen LogP contribution >= 0.6 is 0 Å². The minimum Gasteiger partial charge on any atom is -0.399 e. The molecule has 0 atom stereocenters. The van der Waals surface area contributed by atoms with Crippen molar-refractivity contribution in [2.45, 2.75) is 40.3 Å². The largest absolute Gasteiger partial charge is 0.399 e. The van der Waals surface area contributed by atoms with E-state index in [1.165, 1.54) is 22.3 Å². The van der Waals surface area contributed by atoms with E-state index in [2.05, 4.69) is 56.0 Å². The van der Waals surface area contributed by atoms with E-state index in [4.69, 9.17) is 5.73 Å². The standard InChI is InChI=1S/C19H26N2/c1-4-11-21(13-17-9-6-10-18(20)12-17)14-19-15(2)7-5-8-16(19)3/h5-10,12H,4,11,13-14,20H2,1-3H3. The SMILES string of the molecule is CCCN(Cc1cccc(N)c1)Cc1c(C)cccc1C. The summed E-state index contributed by atoms with van der Waals surface area (Å²) in [5, 5.41) is 0. The lowest BCUT2D eigenvalue weighted by molar-refractivity contribution is 0.256. The number of benzene rings is 2. The lowest BCUT2D eigenvalue weighted by Gasteiger charge is -2.24. The Bertz CT molecular complexity index is 570. The van der Waals surface area contributed by atoms with Crippen LogP contribution in [0.15, 0.2) is 42.5 Å². The van der Waals surface area contributed by atoms with Gasteiger partial charge in [0, 0.05) is 18.8 Å². The molecule has 2 rings (SSSR count). The fourth-order valence-corrected chi connectivity index (χ4v) is 2.80. The lowest BCUT2D eigenvalue weighted by atomic mass is 10.0. The van der Waals surface area contributed by atoms with Gasteiger partial charge in [-0.25, -0.2) is 0 Å². The van der Waals surface area contributed by atoms with Crippen molar-refractivity contribution in [3.05, 3.63) is 64.7 Å². The zero-order valence-electron chi connectivity index (χ0n) is 13.4. The molecule has 0 radical (unpaired) electrons. The summed E-state index contributed by atoms with van der Waals surface area (Å²) < 4.78 is 0. The van der Waals surface area contributed by atoms with Gasteiger partial charge in [0.2, 0.25) is 0 Å². The smallest absolute Gasteiger partial charge is 0.0317 e. The molecule has 0 bridgehead atoms. The highest BCUT2D eigenvalue weighted by Gasteiger charge is 2.10. The summed E-state index contributed by atoms with van der Waals surface area (Å²) in [7, 11) is 0. The summed E-state index contributed by atoms with van der Waals surface area (Å²) in [6.07, 6.45) is 1.16. The van der Waals surface area contributed by atoms with Gasteiger partial charge >= 0.3 is 0 Å². The van der Waals surface area contributed by atoms with E-state index < -0.39 is 0 Å². The van der Waals surface area contributed by atoms with Crippen LogP contribution in [0, 0.1) is 13.8 Å². The fourth-order valence-electron chi connectivity index (χ4n) is 2.80. The highest BCUT2D eigenvalue weighted by atomic mass is 15.1. The van der Waals surface area contributed by atoms with Gasteiger partial charge in [-0.05, 0) is 61.2 Å². The average molecular weight is 282 g/mol. The average Bonchev–Trinajstić information content (AvgIpc) is 2.43. The lowest BCUT2D eigenvalue weighted by Crippen LogP contribution is -2.24. The van der Waals surface area contributed by atoms with Gasteiger partial charge in [0.1, 0.15) is 0 Å². The number of rotatable bonds is 6. The zero-order chi connectivity index (χ0) is 15.2. The Kier molecular flexibility index (Phi) is 5.40. The molecule has 0 aliphatic carbocycles. The van der Waals surface area contributed by atoms with Crippen LogP contribution in [0.1, 0.15) is 35.6 Å². The number of nitrogens with zero attached hydrogens (tertiary/aromatic N) is 1. The van der Waals surface area contributed by atoms with Gasteiger partial charge in [-0.2, -0.15) is 0 Å². The molecule has 0 spiro atoms. The highest BCUT2D eigenvalue weighted by molar-refractivity contribution is 5.40. The highest BCUT2D eigenvalue weighted by Crippen LogP contribution is 2.18. The third-order valence-electron chi connectivity index (χ3n) is 3.92. The van der Waals surface area contributed by atoms with E-state index in [-0.39, 0.29) is 0 Å². The van der Waals surface area contributed by atoms with Crippen LogP contribution < -0.4 is 5.73 Å². The molecule has 0 fully saturated rings. The summed E-state index contributed by atoms with van der Waals surface area (Å²) >= 11 is 0. The third-order valence-corrected chi connectivity index (χ3v) is 3.92. The Balaban J connectivity index is 2.16. The van der Waals surface area contributed by atoms with E-state index in [0.29, 0.717) is 0 Å². The Labute approximate surface area is 128 Å². The van der Waals surface area contributed by atoms with Crippen molar-refractivity contribution in [1.29, 1.82) is 0 Å². The summed E-state index contributed by atoms with van der Waals surface area (Å²) in [6.45, 7) is 9.69. The number of nitrogens with two attached hydrogens (primary N) is 1. The quantitative estimate of drug-likeness (QED) is 0.800. The van der Waals surface area contributed by atoms with Gasteiger partial charge < -0.3 is 5.73 Å². The maximum absolute atomic E-state index is 5.89. The molecular formula is C19H26N2. The maximum atomic E-state index is 5.89. The van der Waals surface area contributed by atoms with Gasteiger partial charge in [-0.1, -0.05) is 37.3 Å². The van der Waals surface area contributed by atoms with Crippen LogP contribution in [0.2, 0.25) is 0 Å². The van der Waals surface area contributed by atoms with Crippen molar-refractivity contribution in [3.63, 3.8) is 0 Å². The summed E-state index contributed by atoms with van der Waals surface area (Å²) in [4.78, 5) is 2.50. The third kappa shape index (κ3) is 4.33. The summed E-state index contributed by atoms with van der Waals surface area (Å²) in [5.74, 6) is 0. The van der Waals surface area contributed by atoms with Gasteiger partial charge in [0.15, 0.2) is 0 Å². The first kappa shape index (κ1) is 15.6. The van der Waals surface area contributed by atoms with E-state index in [1.807, 2.05) is 12.1 Å². The molecule has 0 aromatic heterocycles. The molecule has 2 N–H and O–H groups in total. The Morgan fingerprint density at radius 3 is 2.24 bits per heavy atom. The van der Waals surface area contributed by atoms with Crippen molar-refractivity contribution < 1.29 is 0 Å². The van der Waals surface area contributed by atoms with E-state index >= 15 is 0 Å². The molecule has 0 saturated heterocycles. The predicted octanol–water partition coefficient (Wildman–Crippen LogP) is 4.30. The van der Waals surface area contributed by atoms with Crippen LogP contribution in [-0.2, 0) is 13.1 Å². The first-order chi connectivity index (χ1) is 10.1. The van der Waals surface area contributed by atoms with Gasteiger partial charge in [-0.3, -0.25) is 4.90 Å². The summed E-state index contributed by atoms with van der Waals surface area (Å²) in [6, 6.07) is 14.8. The fraction of sp³-hybridized carbons (Fsp3) is 0.368. The van der Waals surface area contributed by atoms with Crippen molar-refractivity contribution in [1.82, 2.24) is 4.90 Å². The van der Waals surface area contributed by atoms with E-state index in [9.17, 15) is 0 Å². The number of aryl methyl sites for hydroxylation is 2. The van der Waals surface area contributed by atoms with Crippen LogP contribution in [0.3, 0.4) is 0 Å². The van der Waals surface area contributed by atoms with Crippen molar-refractivity contribution in [2.24, 2.45) is 0 Å². The second-order valence-electron chi connectivity index (χ2n) is 5.83. The van der Waals surface area contributed by atoms with Gasteiger partial charge in [0.05, 0.1) is 0 Å². The van der Waals surface area contributed by atoms with Crippen molar-refractivity contribution in [3.8, 4) is 0 Å². The van der Waals surface area contributed by atoms with Gasteiger partial charge in [-0.15, -0.1) is 0 Å². The topological polar surface area (TPSA) is 29.3 Å². The van der Waals surface area contributed by atoms with Crippen LogP contribution in [0.4, 0.5) is 5.69 Å². The molecule has 0 unspecified atom stereocenters. The minimum absolute atomic E-state index is 0.844. The number of nitrogen functional groups attached to an aromatic ring is 1. The molecule has 21 heavy (non-hydrogen) atoms. The molecule has 0 aliphatic heterocycles. The molecular weight excluding hydrogens is 256 g/mol. The predicted molar refractivity (Wildman–Crippen MR) is 91.2 cm³/mol.